The molecule has 138 valence electrons. The molecule has 3 rings (SSSR count). The summed E-state index contributed by atoms with van der Waals surface area (Å²) in [6.07, 6.45) is 11.1. The Bertz CT molecular complexity index is 436. The molecule has 4 heteroatoms. The average Bonchev–Trinajstić information content (AvgIpc) is 2.79. The van der Waals surface area contributed by atoms with E-state index in [0.29, 0.717) is 12.1 Å². The second-order valence-electron chi connectivity index (χ2n) is 9.31. The standard InChI is InChI=1S/C20H35NO3/c1-19(2,3)24-18(22)21-16-10-11-17(21)13-20(12-16,14-23-4)15-8-6-5-7-9-15/h15-17H,5-14H2,1-4H3. The number of amides is 1. The van der Waals surface area contributed by atoms with Gasteiger partial charge >= 0.3 is 6.09 Å². The monoisotopic (exact) mass is 337 g/mol. The van der Waals surface area contributed by atoms with E-state index in [-0.39, 0.29) is 11.5 Å². The molecule has 3 aliphatic rings. The van der Waals surface area contributed by atoms with Crippen molar-refractivity contribution in [1.29, 1.82) is 0 Å². The summed E-state index contributed by atoms with van der Waals surface area (Å²) in [6, 6.07) is 0.686. The summed E-state index contributed by atoms with van der Waals surface area (Å²) in [5, 5.41) is 0. The number of carbonyl (C=O) groups excluding carboxylic acids is 1. The molecular weight excluding hydrogens is 302 g/mol. The Morgan fingerprint density at radius 3 is 2.12 bits per heavy atom. The highest BCUT2D eigenvalue weighted by Crippen LogP contribution is 2.53. The summed E-state index contributed by atoms with van der Waals surface area (Å²) in [7, 11) is 1.84. The maximum Gasteiger partial charge on any atom is 0.410 e. The highest BCUT2D eigenvalue weighted by atomic mass is 16.6. The molecule has 2 unspecified atom stereocenters. The van der Waals surface area contributed by atoms with Crippen LogP contribution in [0.4, 0.5) is 4.79 Å². The Labute approximate surface area is 147 Å². The molecule has 2 atom stereocenters. The van der Waals surface area contributed by atoms with Crippen LogP contribution in [-0.2, 0) is 9.47 Å². The van der Waals surface area contributed by atoms with E-state index in [1.54, 1.807) is 0 Å². The van der Waals surface area contributed by atoms with Crippen LogP contribution in [0.5, 0.6) is 0 Å². The molecule has 0 aromatic carbocycles. The van der Waals surface area contributed by atoms with Gasteiger partial charge in [0.25, 0.3) is 0 Å². The third-order valence-electron chi connectivity index (χ3n) is 6.41. The van der Waals surface area contributed by atoms with Crippen molar-refractivity contribution in [2.75, 3.05) is 13.7 Å². The maximum absolute atomic E-state index is 12.7. The van der Waals surface area contributed by atoms with Gasteiger partial charge in [0.05, 0.1) is 6.61 Å². The Morgan fingerprint density at radius 2 is 1.62 bits per heavy atom. The number of carbonyl (C=O) groups is 1. The first kappa shape index (κ1) is 18.0. The Balaban J connectivity index is 1.75. The molecule has 0 spiro atoms. The molecule has 24 heavy (non-hydrogen) atoms. The van der Waals surface area contributed by atoms with Crippen LogP contribution in [0.1, 0.15) is 78.6 Å². The summed E-state index contributed by atoms with van der Waals surface area (Å²) in [6.45, 7) is 6.71. The Hall–Kier alpha value is -0.770. The molecule has 1 saturated carbocycles. The topological polar surface area (TPSA) is 38.8 Å². The van der Waals surface area contributed by atoms with E-state index in [2.05, 4.69) is 4.90 Å². The lowest BCUT2D eigenvalue weighted by Crippen LogP contribution is -2.55. The summed E-state index contributed by atoms with van der Waals surface area (Å²) in [4.78, 5) is 14.8. The Kier molecular flexibility index (Phi) is 5.15. The van der Waals surface area contributed by atoms with Crippen LogP contribution in [0.2, 0.25) is 0 Å². The van der Waals surface area contributed by atoms with Crippen molar-refractivity contribution in [2.45, 2.75) is 96.2 Å². The molecule has 0 aromatic rings. The van der Waals surface area contributed by atoms with Gasteiger partial charge in [0.1, 0.15) is 5.60 Å². The minimum Gasteiger partial charge on any atom is -0.444 e. The van der Waals surface area contributed by atoms with Gasteiger partial charge in [-0.3, -0.25) is 0 Å². The molecule has 2 bridgehead atoms. The lowest BCUT2D eigenvalue weighted by molar-refractivity contribution is -0.0642. The molecule has 0 radical (unpaired) electrons. The van der Waals surface area contributed by atoms with Crippen LogP contribution >= 0.6 is 0 Å². The quantitative estimate of drug-likeness (QED) is 0.745. The number of fused-ring (bicyclic) bond motifs is 2. The molecule has 1 aliphatic carbocycles. The molecule has 0 N–H and O–H groups in total. The fourth-order valence-electron chi connectivity index (χ4n) is 5.57. The van der Waals surface area contributed by atoms with Crippen molar-refractivity contribution >= 4 is 6.09 Å². The number of ether oxygens (including phenoxy) is 2. The van der Waals surface area contributed by atoms with Crippen LogP contribution in [0, 0.1) is 11.3 Å². The third-order valence-corrected chi connectivity index (χ3v) is 6.41. The summed E-state index contributed by atoms with van der Waals surface area (Å²) >= 11 is 0. The first-order chi connectivity index (χ1) is 11.3. The number of hydrogen-bond donors (Lipinski definition) is 0. The predicted molar refractivity (Wildman–Crippen MR) is 95.0 cm³/mol. The van der Waals surface area contributed by atoms with Crippen LogP contribution in [-0.4, -0.2) is 42.4 Å². The predicted octanol–water partition coefficient (Wildman–Crippen LogP) is 4.76. The van der Waals surface area contributed by atoms with Crippen LogP contribution < -0.4 is 0 Å². The lowest BCUT2D eigenvalue weighted by atomic mass is 9.62. The smallest absolute Gasteiger partial charge is 0.410 e. The van der Waals surface area contributed by atoms with E-state index in [9.17, 15) is 4.79 Å². The molecule has 2 aliphatic heterocycles. The van der Waals surface area contributed by atoms with Gasteiger partial charge in [-0.05, 0) is 65.2 Å². The second-order valence-corrected chi connectivity index (χ2v) is 9.31. The summed E-state index contributed by atoms with van der Waals surface area (Å²) in [5.41, 5.74) is -0.138. The highest BCUT2D eigenvalue weighted by Gasteiger charge is 2.53. The number of methoxy groups -OCH3 is 1. The highest BCUT2D eigenvalue weighted by molar-refractivity contribution is 5.69. The van der Waals surface area contributed by atoms with Crippen LogP contribution in [0.3, 0.4) is 0 Å². The van der Waals surface area contributed by atoms with E-state index in [1.807, 2.05) is 27.9 Å². The molecule has 2 saturated heterocycles. The number of nitrogens with zero attached hydrogens (tertiary/aromatic N) is 1. The third kappa shape index (κ3) is 3.58. The minimum absolute atomic E-state index is 0.107. The largest absolute Gasteiger partial charge is 0.444 e. The summed E-state index contributed by atoms with van der Waals surface area (Å²) in [5.74, 6) is 0.773. The summed E-state index contributed by atoms with van der Waals surface area (Å²) < 4.78 is 11.4. The Morgan fingerprint density at radius 1 is 1.04 bits per heavy atom. The maximum atomic E-state index is 12.7. The van der Waals surface area contributed by atoms with Crippen molar-refractivity contribution < 1.29 is 14.3 Å². The molecule has 0 aromatic heterocycles. The second kappa shape index (κ2) is 6.86. The fraction of sp³-hybridized carbons (Fsp3) is 0.950. The van der Waals surface area contributed by atoms with E-state index in [0.717, 1.165) is 38.2 Å². The molecular formula is C20H35NO3. The average molecular weight is 338 g/mol. The first-order valence-corrected chi connectivity index (χ1v) is 9.85. The van der Waals surface area contributed by atoms with E-state index in [1.165, 1.54) is 32.1 Å². The van der Waals surface area contributed by atoms with Gasteiger partial charge < -0.3 is 14.4 Å². The van der Waals surface area contributed by atoms with Gasteiger partial charge in [-0.15, -0.1) is 0 Å². The van der Waals surface area contributed by atoms with Gasteiger partial charge in [-0.2, -0.15) is 0 Å². The van der Waals surface area contributed by atoms with E-state index in [4.69, 9.17) is 9.47 Å². The van der Waals surface area contributed by atoms with Crippen molar-refractivity contribution in [3.8, 4) is 0 Å². The molecule has 1 amide bonds. The molecule has 3 fully saturated rings. The number of rotatable bonds is 3. The van der Waals surface area contributed by atoms with Gasteiger partial charge in [0, 0.05) is 24.6 Å². The molecule has 4 nitrogen and oxygen atoms in total. The number of piperidine rings is 1. The van der Waals surface area contributed by atoms with Crippen LogP contribution in [0.25, 0.3) is 0 Å². The zero-order valence-corrected chi connectivity index (χ0v) is 16.0. The van der Waals surface area contributed by atoms with Crippen LogP contribution in [0.15, 0.2) is 0 Å². The van der Waals surface area contributed by atoms with Crippen molar-refractivity contribution in [2.24, 2.45) is 11.3 Å². The fourth-order valence-corrected chi connectivity index (χ4v) is 5.57. The molecule has 2 heterocycles. The van der Waals surface area contributed by atoms with E-state index < -0.39 is 5.60 Å². The van der Waals surface area contributed by atoms with Gasteiger partial charge in [-0.1, -0.05) is 19.3 Å². The normalized spacial score (nSPS) is 34.4. The first-order valence-electron chi connectivity index (χ1n) is 9.85. The zero-order valence-electron chi connectivity index (χ0n) is 16.0. The van der Waals surface area contributed by atoms with Gasteiger partial charge in [-0.25, -0.2) is 4.79 Å². The minimum atomic E-state index is -0.416. The van der Waals surface area contributed by atoms with Gasteiger partial charge in [0.15, 0.2) is 0 Å². The number of hydrogen-bond acceptors (Lipinski definition) is 3. The van der Waals surface area contributed by atoms with Crippen molar-refractivity contribution in [3.05, 3.63) is 0 Å². The van der Waals surface area contributed by atoms with Crippen molar-refractivity contribution in [1.82, 2.24) is 4.90 Å². The van der Waals surface area contributed by atoms with E-state index >= 15 is 0 Å². The lowest BCUT2D eigenvalue weighted by Gasteiger charge is -2.51. The van der Waals surface area contributed by atoms with Crippen molar-refractivity contribution in [3.63, 3.8) is 0 Å². The van der Waals surface area contributed by atoms with Gasteiger partial charge in [0.2, 0.25) is 0 Å². The SMILES string of the molecule is COCC1(C2CCCCC2)CC2CCC(C1)N2C(=O)OC(C)(C)C. The zero-order chi connectivity index (χ0) is 17.4.